The fourth-order valence-electron chi connectivity index (χ4n) is 2.54. The van der Waals surface area contributed by atoms with Crippen molar-refractivity contribution in [1.82, 2.24) is 9.80 Å². The fraction of sp³-hybridized carbons (Fsp3) is 0.588. The van der Waals surface area contributed by atoms with E-state index in [0.717, 1.165) is 45.0 Å². The lowest BCUT2D eigenvalue weighted by Crippen LogP contribution is -2.45. The molecule has 1 saturated heterocycles. The molecular weight excluding hydrogens is 335 g/mol. The molecule has 1 amide bonds. The summed E-state index contributed by atoms with van der Waals surface area (Å²) < 4.78 is 43.5. The van der Waals surface area contributed by atoms with E-state index in [1.807, 2.05) is 11.9 Å². The molecule has 1 aromatic rings. The molecule has 0 saturated carbocycles. The van der Waals surface area contributed by atoms with Gasteiger partial charge >= 0.3 is 6.18 Å². The summed E-state index contributed by atoms with van der Waals surface area (Å²) in [7, 11) is 1.83. The van der Waals surface area contributed by atoms with Crippen molar-refractivity contribution in [2.75, 3.05) is 51.8 Å². The minimum atomic E-state index is -4.43. The van der Waals surface area contributed by atoms with Gasteiger partial charge < -0.3 is 10.1 Å². The van der Waals surface area contributed by atoms with Crippen LogP contribution in [-0.4, -0.2) is 68.2 Å². The Labute approximate surface area is 145 Å². The van der Waals surface area contributed by atoms with Crippen molar-refractivity contribution in [3.63, 3.8) is 0 Å². The number of nitrogens with one attached hydrogen (secondary N) is 1. The molecule has 0 aliphatic carbocycles. The number of morpholine rings is 1. The molecule has 5 nitrogen and oxygen atoms in total. The Bertz CT molecular complexity index is 575. The highest BCUT2D eigenvalue weighted by molar-refractivity contribution is 5.94. The topological polar surface area (TPSA) is 44.8 Å². The van der Waals surface area contributed by atoms with Gasteiger partial charge in [0, 0.05) is 31.9 Å². The van der Waals surface area contributed by atoms with E-state index in [1.165, 1.54) is 12.1 Å². The summed E-state index contributed by atoms with van der Waals surface area (Å²) in [6, 6.07) is 4.21. The van der Waals surface area contributed by atoms with Crippen LogP contribution in [-0.2, 0) is 15.7 Å². The van der Waals surface area contributed by atoms with Gasteiger partial charge in [-0.25, -0.2) is 0 Å². The summed E-state index contributed by atoms with van der Waals surface area (Å²) in [5.41, 5.74) is -0.633. The van der Waals surface area contributed by atoms with Gasteiger partial charge in [0.15, 0.2) is 0 Å². The lowest BCUT2D eigenvalue weighted by molar-refractivity contribution is -0.137. The lowest BCUT2D eigenvalue weighted by atomic mass is 10.2. The summed E-state index contributed by atoms with van der Waals surface area (Å²) in [6.45, 7) is 6.43. The van der Waals surface area contributed by atoms with Gasteiger partial charge in [-0.05, 0) is 32.2 Å². The molecule has 0 radical (unpaired) electrons. The van der Waals surface area contributed by atoms with Crippen molar-refractivity contribution in [3.05, 3.63) is 29.8 Å². The van der Waals surface area contributed by atoms with Crippen molar-refractivity contribution >= 4 is 11.6 Å². The molecule has 0 bridgehead atoms. The van der Waals surface area contributed by atoms with E-state index in [9.17, 15) is 18.0 Å². The van der Waals surface area contributed by atoms with Gasteiger partial charge in [0.2, 0.25) is 5.91 Å². The number of ether oxygens (including phenoxy) is 1. The van der Waals surface area contributed by atoms with Gasteiger partial charge in [-0.15, -0.1) is 0 Å². The SMILES string of the molecule is CC(C(=O)Nc1cccc(C(F)(F)F)c1)N(C)CCN1CCOCC1. The zero-order chi connectivity index (χ0) is 18.4. The number of anilines is 1. The van der Waals surface area contributed by atoms with Gasteiger partial charge in [-0.2, -0.15) is 13.2 Å². The molecule has 8 heteroatoms. The summed E-state index contributed by atoms with van der Waals surface area (Å²) in [5.74, 6) is -0.330. The Morgan fingerprint density at radius 3 is 2.68 bits per heavy atom. The second-order valence-corrected chi connectivity index (χ2v) is 6.18. The predicted molar refractivity (Wildman–Crippen MR) is 89.4 cm³/mol. The average Bonchev–Trinajstić information content (AvgIpc) is 2.59. The first-order valence-electron chi connectivity index (χ1n) is 8.26. The number of halogens is 3. The molecular formula is C17H24F3N3O2. The van der Waals surface area contributed by atoms with E-state index in [1.54, 1.807) is 6.92 Å². The molecule has 0 spiro atoms. The van der Waals surface area contributed by atoms with E-state index in [-0.39, 0.29) is 11.6 Å². The standard InChI is InChI=1S/C17H24F3N3O2/c1-13(22(2)6-7-23-8-10-25-11-9-23)16(24)21-15-5-3-4-14(12-15)17(18,19)20/h3-5,12-13H,6-11H2,1-2H3,(H,21,24). The number of hydrogen-bond donors (Lipinski definition) is 1. The maximum atomic E-state index is 12.7. The van der Waals surface area contributed by atoms with Gasteiger partial charge in [0.05, 0.1) is 24.8 Å². The van der Waals surface area contributed by atoms with Crippen LogP contribution in [0.1, 0.15) is 12.5 Å². The average molecular weight is 359 g/mol. The molecule has 140 valence electrons. The molecule has 1 atom stereocenters. The van der Waals surface area contributed by atoms with Crippen molar-refractivity contribution in [3.8, 4) is 0 Å². The molecule has 1 aliphatic rings. The van der Waals surface area contributed by atoms with E-state index in [4.69, 9.17) is 4.74 Å². The summed E-state index contributed by atoms with van der Waals surface area (Å²) in [5, 5.41) is 2.56. The number of carbonyl (C=O) groups is 1. The van der Waals surface area contributed by atoms with Crippen molar-refractivity contribution in [1.29, 1.82) is 0 Å². The number of alkyl halides is 3. The Morgan fingerprint density at radius 2 is 2.04 bits per heavy atom. The van der Waals surface area contributed by atoms with E-state index >= 15 is 0 Å². The minimum absolute atomic E-state index is 0.147. The highest BCUT2D eigenvalue weighted by atomic mass is 19.4. The summed E-state index contributed by atoms with van der Waals surface area (Å²) >= 11 is 0. The van der Waals surface area contributed by atoms with Crippen LogP contribution < -0.4 is 5.32 Å². The summed E-state index contributed by atoms with van der Waals surface area (Å²) in [6.07, 6.45) is -4.43. The first-order chi connectivity index (χ1) is 11.8. The first kappa shape index (κ1) is 19.7. The number of carbonyl (C=O) groups excluding carboxylic acids is 1. The van der Waals surface area contributed by atoms with Crippen LogP contribution in [0.5, 0.6) is 0 Å². The van der Waals surface area contributed by atoms with Crippen LogP contribution in [0.3, 0.4) is 0 Å². The van der Waals surface area contributed by atoms with Crippen LogP contribution in [0, 0.1) is 0 Å². The van der Waals surface area contributed by atoms with Gasteiger partial charge in [0.25, 0.3) is 0 Å². The van der Waals surface area contributed by atoms with E-state index < -0.39 is 17.8 Å². The Balaban J connectivity index is 1.86. The molecule has 1 aliphatic heterocycles. The maximum Gasteiger partial charge on any atom is 0.416 e. The number of rotatable bonds is 6. The quantitative estimate of drug-likeness (QED) is 0.847. The number of nitrogens with zero attached hydrogens (tertiary/aromatic N) is 2. The third-order valence-corrected chi connectivity index (χ3v) is 4.37. The molecule has 2 rings (SSSR count). The highest BCUT2D eigenvalue weighted by Gasteiger charge is 2.30. The number of benzene rings is 1. The predicted octanol–water partition coefficient (Wildman–Crippen LogP) is 2.30. The highest BCUT2D eigenvalue weighted by Crippen LogP contribution is 2.30. The summed E-state index contributed by atoms with van der Waals surface area (Å²) in [4.78, 5) is 16.4. The molecule has 1 heterocycles. The van der Waals surface area contributed by atoms with Crippen molar-refractivity contribution in [2.24, 2.45) is 0 Å². The molecule has 1 N–H and O–H groups in total. The van der Waals surface area contributed by atoms with Crippen molar-refractivity contribution < 1.29 is 22.7 Å². The van der Waals surface area contributed by atoms with E-state index in [2.05, 4.69) is 10.2 Å². The van der Waals surface area contributed by atoms with Crippen LogP contribution in [0.2, 0.25) is 0 Å². The van der Waals surface area contributed by atoms with Crippen LogP contribution >= 0.6 is 0 Å². The van der Waals surface area contributed by atoms with Crippen molar-refractivity contribution in [2.45, 2.75) is 19.1 Å². The Kier molecular flexibility index (Phi) is 6.80. The molecule has 0 aromatic heterocycles. The zero-order valence-corrected chi connectivity index (χ0v) is 14.5. The second kappa shape index (κ2) is 8.64. The Morgan fingerprint density at radius 1 is 1.36 bits per heavy atom. The molecule has 1 unspecified atom stereocenters. The fourth-order valence-corrected chi connectivity index (χ4v) is 2.54. The monoisotopic (exact) mass is 359 g/mol. The van der Waals surface area contributed by atoms with Gasteiger partial charge in [-0.3, -0.25) is 14.6 Å². The largest absolute Gasteiger partial charge is 0.416 e. The zero-order valence-electron chi connectivity index (χ0n) is 14.5. The first-order valence-corrected chi connectivity index (χ1v) is 8.26. The molecule has 1 fully saturated rings. The maximum absolute atomic E-state index is 12.7. The third-order valence-electron chi connectivity index (χ3n) is 4.37. The number of amides is 1. The third kappa shape index (κ3) is 5.98. The number of likely N-dealkylation sites (N-methyl/N-ethyl adjacent to an activating group) is 1. The van der Waals surface area contributed by atoms with Crippen LogP contribution in [0.15, 0.2) is 24.3 Å². The molecule has 1 aromatic carbocycles. The number of hydrogen-bond acceptors (Lipinski definition) is 4. The smallest absolute Gasteiger partial charge is 0.379 e. The van der Waals surface area contributed by atoms with E-state index in [0.29, 0.717) is 6.54 Å². The van der Waals surface area contributed by atoms with Gasteiger partial charge in [0.1, 0.15) is 0 Å². The van der Waals surface area contributed by atoms with Crippen LogP contribution in [0.25, 0.3) is 0 Å². The Hall–Kier alpha value is -1.64. The minimum Gasteiger partial charge on any atom is -0.379 e. The van der Waals surface area contributed by atoms with Gasteiger partial charge in [-0.1, -0.05) is 6.07 Å². The molecule has 25 heavy (non-hydrogen) atoms. The lowest BCUT2D eigenvalue weighted by Gasteiger charge is -2.30. The second-order valence-electron chi connectivity index (χ2n) is 6.18. The van der Waals surface area contributed by atoms with Crippen LogP contribution in [0.4, 0.5) is 18.9 Å². The normalized spacial score (nSPS) is 17.5.